The molecule has 144 valence electrons. The SMILES string of the molecule is COc1ccc(C(NS(=O)(=O)c2ccc3c(c2)CCC(=O)N3)C(C)C)cc1. The van der Waals surface area contributed by atoms with Gasteiger partial charge >= 0.3 is 0 Å². The minimum absolute atomic E-state index is 0.0457. The average Bonchev–Trinajstić information content (AvgIpc) is 2.65. The molecule has 0 bridgehead atoms. The van der Waals surface area contributed by atoms with Crippen LogP contribution in [0.15, 0.2) is 47.4 Å². The number of hydrogen-bond donors (Lipinski definition) is 2. The molecule has 2 N–H and O–H groups in total. The summed E-state index contributed by atoms with van der Waals surface area (Å²) in [5, 5.41) is 2.77. The molecule has 0 saturated carbocycles. The monoisotopic (exact) mass is 388 g/mol. The molecule has 1 aliphatic rings. The van der Waals surface area contributed by atoms with Crippen LogP contribution in [0.3, 0.4) is 0 Å². The number of carbonyl (C=O) groups excluding carboxylic acids is 1. The number of nitrogens with one attached hydrogen (secondary N) is 2. The first-order valence-electron chi connectivity index (χ1n) is 8.89. The van der Waals surface area contributed by atoms with E-state index < -0.39 is 10.0 Å². The van der Waals surface area contributed by atoms with Crippen molar-refractivity contribution in [3.05, 3.63) is 53.6 Å². The smallest absolute Gasteiger partial charge is 0.241 e. The molecule has 2 aromatic carbocycles. The number of fused-ring (bicyclic) bond motifs is 1. The summed E-state index contributed by atoms with van der Waals surface area (Å²) >= 11 is 0. The topological polar surface area (TPSA) is 84.5 Å². The van der Waals surface area contributed by atoms with Crippen LogP contribution in [0.5, 0.6) is 5.75 Å². The number of hydrogen-bond acceptors (Lipinski definition) is 4. The Bertz CT molecular complexity index is 937. The Morgan fingerprint density at radius 3 is 2.41 bits per heavy atom. The molecule has 0 aliphatic carbocycles. The second-order valence-corrected chi connectivity index (χ2v) is 8.70. The molecule has 1 heterocycles. The van der Waals surface area contributed by atoms with Crippen molar-refractivity contribution < 1.29 is 17.9 Å². The highest BCUT2D eigenvalue weighted by molar-refractivity contribution is 7.89. The van der Waals surface area contributed by atoms with Crippen molar-refractivity contribution in [2.75, 3.05) is 12.4 Å². The lowest BCUT2D eigenvalue weighted by molar-refractivity contribution is -0.116. The van der Waals surface area contributed by atoms with Crippen LogP contribution in [0.4, 0.5) is 5.69 Å². The van der Waals surface area contributed by atoms with E-state index in [4.69, 9.17) is 4.74 Å². The van der Waals surface area contributed by atoms with Gasteiger partial charge in [0.05, 0.1) is 12.0 Å². The maximum Gasteiger partial charge on any atom is 0.241 e. The quantitative estimate of drug-likeness (QED) is 0.796. The van der Waals surface area contributed by atoms with Gasteiger partial charge in [0.2, 0.25) is 15.9 Å². The van der Waals surface area contributed by atoms with E-state index >= 15 is 0 Å². The minimum atomic E-state index is -3.71. The van der Waals surface area contributed by atoms with Crippen LogP contribution in [0.1, 0.15) is 37.4 Å². The predicted octanol–water partition coefficient (Wildman–Crippen LogP) is 3.26. The zero-order valence-electron chi connectivity index (χ0n) is 15.7. The summed E-state index contributed by atoms with van der Waals surface area (Å²) in [6.45, 7) is 3.94. The van der Waals surface area contributed by atoms with Gasteiger partial charge in [0.25, 0.3) is 0 Å². The summed E-state index contributed by atoms with van der Waals surface area (Å²) in [7, 11) is -2.12. The van der Waals surface area contributed by atoms with Gasteiger partial charge in [0, 0.05) is 18.2 Å². The number of methoxy groups -OCH3 is 1. The van der Waals surface area contributed by atoms with Crippen LogP contribution >= 0.6 is 0 Å². The molecule has 1 atom stereocenters. The highest BCUT2D eigenvalue weighted by Gasteiger charge is 2.25. The van der Waals surface area contributed by atoms with Crippen molar-refractivity contribution in [2.45, 2.75) is 37.6 Å². The van der Waals surface area contributed by atoms with E-state index in [0.29, 0.717) is 18.5 Å². The largest absolute Gasteiger partial charge is 0.497 e. The summed E-state index contributed by atoms with van der Waals surface area (Å²) < 4.78 is 33.9. The second-order valence-electron chi connectivity index (χ2n) is 6.98. The van der Waals surface area contributed by atoms with Gasteiger partial charge in [-0.25, -0.2) is 13.1 Å². The number of amides is 1. The Balaban J connectivity index is 1.87. The van der Waals surface area contributed by atoms with Crippen LogP contribution in [0, 0.1) is 5.92 Å². The van der Waals surface area contributed by atoms with Crippen molar-refractivity contribution in [2.24, 2.45) is 5.92 Å². The fourth-order valence-corrected chi connectivity index (χ4v) is 4.59. The maximum absolute atomic E-state index is 13.0. The highest BCUT2D eigenvalue weighted by Crippen LogP contribution is 2.29. The lowest BCUT2D eigenvalue weighted by Crippen LogP contribution is -2.32. The summed E-state index contributed by atoms with van der Waals surface area (Å²) in [4.78, 5) is 11.7. The summed E-state index contributed by atoms with van der Waals surface area (Å²) in [5.74, 6) is 0.738. The van der Waals surface area contributed by atoms with E-state index in [9.17, 15) is 13.2 Å². The number of carbonyl (C=O) groups is 1. The third-order valence-corrected chi connectivity index (χ3v) is 6.14. The first-order valence-corrected chi connectivity index (χ1v) is 10.4. The van der Waals surface area contributed by atoms with Crippen LogP contribution in [-0.2, 0) is 21.2 Å². The molecule has 1 aliphatic heterocycles. The van der Waals surface area contributed by atoms with Crippen LogP contribution in [-0.4, -0.2) is 21.4 Å². The fraction of sp³-hybridized carbons (Fsp3) is 0.350. The number of sulfonamides is 1. The molecule has 0 spiro atoms. The van der Waals surface area contributed by atoms with E-state index in [1.165, 1.54) is 6.07 Å². The lowest BCUT2D eigenvalue weighted by atomic mass is 9.97. The van der Waals surface area contributed by atoms with Gasteiger partial charge in [-0.05, 0) is 53.8 Å². The molecule has 0 saturated heterocycles. The van der Waals surface area contributed by atoms with Gasteiger partial charge < -0.3 is 10.1 Å². The fourth-order valence-electron chi connectivity index (χ4n) is 3.16. The standard InChI is InChI=1S/C20H24N2O4S/c1-13(2)20(14-4-7-16(26-3)8-5-14)22-27(24,25)17-9-10-18-15(12-17)6-11-19(23)21-18/h4-5,7-10,12-13,20,22H,6,11H2,1-3H3,(H,21,23). The summed E-state index contributed by atoms with van der Waals surface area (Å²) in [6, 6.07) is 11.8. The van der Waals surface area contributed by atoms with Crippen molar-refractivity contribution in [3.8, 4) is 5.75 Å². The highest BCUT2D eigenvalue weighted by atomic mass is 32.2. The number of aryl methyl sites for hydroxylation is 1. The lowest BCUT2D eigenvalue weighted by Gasteiger charge is -2.24. The van der Waals surface area contributed by atoms with Gasteiger partial charge in [-0.15, -0.1) is 0 Å². The Morgan fingerprint density at radius 1 is 1.07 bits per heavy atom. The van der Waals surface area contributed by atoms with Crippen LogP contribution in [0.25, 0.3) is 0 Å². The zero-order chi connectivity index (χ0) is 19.6. The molecule has 0 aromatic heterocycles. The zero-order valence-corrected chi connectivity index (χ0v) is 16.5. The number of ether oxygens (including phenoxy) is 1. The number of anilines is 1. The Hall–Kier alpha value is -2.38. The molecule has 0 fully saturated rings. The van der Waals surface area contributed by atoms with Crippen molar-refractivity contribution in [3.63, 3.8) is 0 Å². The number of rotatable bonds is 6. The second kappa shape index (κ2) is 7.70. The van der Waals surface area contributed by atoms with E-state index in [2.05, 4.69) is 10.0 Å². The summed E-state index contributed by atoms with van der Waals surface area (Å²) in [6.07, 6.45) is 0.904. The summed E-state index contributed by atoms with van der Waals surface area (Å²) in [5.41, 5.74) is 2.39. The van der Waals surface area contributed by atoms with E-state index in [1.807, 2.05) is 38.1 Å². The molecule has 7 heteroatoms. The van der Waals surface area contributed by atoms with E-state index in [1.54, 1.807) is 19.2 Å². The Kier molecular flexibility index (Phi) is 5.53. The maximum atomic E-state index is 13.0. The van der Waals surface area contributed by atoms with E-state index in [0.717, 1.165) is 16.9 Å². The molecule has 2 aromatic rings. The van der Waals surface area contributed by atoms with Gasteiger partial charge in [-0.1, -0.05) is 26.0 Å². The van der Waals surface area contributed by atoms with Crippen molar-refractivity contribution in [1.29, 1.82) is 0 Å². The van der Waals surface area contributed by atoms with E-state index in [-0.39, 0.29) is 22.8 Å². The third-order valence-electron chi connectivity index (χ3n) is 4.71. The Labute approximate surface area is 160 Å². The minimum Gasteiger partial charge on any atom is -0.497 e. The molecule has 1 unspecified atom stereocenters. The van der Waals surface area contributed by atoms with Gasteiger partial charge in [0.1, 0.15) is 5.75 Å². The first kappa shape index (κ1) is 19.4. The van der Waals surface area contributed by atoms with Crippen LogP contribution in [0.2, 0.25) is 0 Å². The average molecular weight is 388 g/mol. The van der Waals surface area contributed by atoms with Crippen molar-refractivity contribution >= 4 is 21.6 Å². The first-order chi connectivity index (χ1) is 12.8. The van der Waals surface area contributed by atoms with Gasteiger partial charge in [-0.2, -0.15) is 0 Å². The Morgan fingerprint density at radius 2 is 1.78 bits per heavy atom. The molecule has 0 radical (unpaired) electrons. The predicted molar refractivity (Wildman–Crippen MR) is 104 cm³/mol. The molecule has 1 amide bonds. The molecule has 6 nitrogen and oxygen atoms in total. The van der Waals surface area contributed by atoms with Gasteiger partial charge in [0.15, 0.2) is 0 Å². The molecular formula is C20H24N2O4S. The normalized spacial score (nSPS) is 15.2. The molecular weight excluding hydrogens is 364 g/mol. The van der Waals surface area contributed by atoms with Crippen molar-refractivity contribution in [1.82, 2.24) is 4.72 Å². The van der Waals surface area contributed by atoms with Crippen LogP contribution < -0.4 is 14.8 Å². The number of benzene rings is 2. The third kappa shape index (κ3) is 4.31. The molecule has 3 rings (SSSR count). The molecule has 27 heavy (non-hydrogen) atoms. The van der Waals surface area contributed by atoms with Gasteiger partial charge in [-0.3, -0.25) is 4.79 Å².